The van der Waals surface area contributed by atoms with Crippen molar-refractivity contribution in [2.24, 2.45) is 0 Å². The van der Waals surface area contributed by atoms with Crippen LogP contribution in [0.25, 0.3) is 0 Å². The lowest BCUT2D eigenvalue weighted by molar-refractivity contribution is -0.128. The number of hydrogen-bond acceptors (Lipinski definition) is 4. The standard InChI is InChI=1S/C16H17N3O3S/c20-14(6-8-17-16(22)13-7-9-23-11-13)18-19-15(21)10-12-4-2-1-3-5-12/h1-5,7,9,11H,6,8,10H2,(H,17,22)(H,18,20)(H,19,21). The Morgan fingerprint density at radius 1 is 0.957 bits per heavy atom. The Kier molecular flexibility index (Phi) is 6.31. The molecule has 2 rings (SSSR count). The van der Waals surface area contributed by atoms with Gasteiger partial charge in [-0.2, -0.15) is 11.3 Å². The first-order chi connectivity index (χ1) is 11.1. The molecule has 0 spiro atoms. The third-order valence-electron chi connectivity index (χ3n) is 2.97. The van der Waals surface area contributed by atoms with Crippen LogP contribution in [-0.2, 0) is 16.0 Å². The molecule has 0 aliphatic heterocycles. The van der Waals surface area contributed by atoms with Gasteiger partial charge in [-0.3, -0.25) is 25.2 Å². The number of rotatable bonds is 6. The lowest BCUT2D eigenvalue weighted by Crippen LogP contribution is -2.43. The van der Waals surface area contributed by atoms with E-state index in [9.17, 15) is 14.4 Å². The van der Waals surface area contributed by atoms with Gasteiger partial charge >= 0.3 is 0 Å². The molecule has 2 aromatic rings. The quantitative estimate of drug-likeness (QED) is 0.696. The molecule has 0 aliphatic rings. The summed E-state index contributed by atoms with van der Waals surface area (Å²) < 4.78 is 0. The van der Waals surface area contributed by atoms with Crippen LogP contribution in [0.2, 0.25) is 0 Å². The van der Waals surface area contributed by atoms with E-state index in [1.807, 2.05) is 35.7 Å². The molecule has 0 saturated carbocycles. The van der Waals surface area contributed by atoms with Crippen LogP contribution in [0.1, 0.15) is 22.3 Å². The first-order valence-corrected chi connectivity index (χ1v) is 8.01. The molecule has 3 N–H and O–H groups in total. The lowest BCUT2D eigenvalue weighted by atomic mass is 10.1. The molecular formula is C16H17N3O3S. The highest BCUT2D eigenvalue weighted by atomic mass is 32.1. The van der Waals surface area contributed by atoms with E-state index in [0.717, 1.165) is 5.56 Å². The summed E-state index contributed by atoms with van der Waals surface area (Å²) in [6, 6.07) is 10.9. The Morgan fingerprint density at radius 2 is 1.70 bits per heavy atom. The fraction of sp³-hybridized carbons (Fsp3) is 0.188. The second kappa shape index (κ2) is 8.70. The predicted octanol–water partition coefficient (Wildman–Crippen LogP) is 1.26. The molecule has 1 aromatic heterocycles. The summed E-state index contributed by atoms with van der Waals surface area (Å²) in [7, 11) is 0. The first-order valence-electron chi connectivity index (χ1n) is 7.07. The highest BCUT2D eigenvalue weighted by molar-refractivity contribution is 7.08. The minimum atomic E-state index is -0.364. The topological polar surface area (TPSA) is 87.3 Å². The third kappa shape index (κ3) is 5.91. The van der Waals surface area contributed by atoms with Crippen molar-refractivity contribution >= 4 is 29.1 Å². The lowest BCUT2D eigenvalue weighted by Gasteiger charge is -2.08. The van der Waals surface area contributed by atoms with Crippen molar-refractivity contribution in [3.05, 3.63) is 58.3 Å². The summed E-state index contributed by atoms with van der Waals surface area (Å²) in [5.74, 6) is -0.879. The van der Waals surface area contributed by atoms with Gasteiger partial charge in [0.2, 0.25) is 11.8 Å². The summed E-state index contributed by atoms with van der Waals surface area (Å²) in [6.07, 6.45) is 0.275. The highest BCUT2D eigenvalue weighted by Crippen LogP contribution is 2.05. The number of hydrogen-bond donors (Lipinski definition) is 3. The van der Waals surface area contributed by atoms with Crippen molar-refractivity contribution in [1.82, 2.24) is 16.2 Å². The van der Waals surface area contributed by atoms with Crippen LogP contribution < -0.4 is 16.2 Å². The second-order valence-corrected chi connectivity index (χ2v) is 5.56. The fourth-order valence-corrected chi connectivity index (χ4v) is 2.45. The minimum absolute atomic E-state index is 0.0848. The van der Waals surface area contributed by atoms with Gasteiger partial charge < -0.3 is 5.32 Å². The maximum Gasteiger partial charge on any atom is 0.252 e. The number of nitrogens with one attached hydrogen (secondary N) is 3. The van der Waals surface area contributed by atoms with Crippen molar-refractivity contribution in [3.8, 4) is 0 Å². The number of hydrazine groups is 1. The number of thiophene rings is 1. The van der Waals surface area contributed by atoms with Gasteiger partial charge in [-0.1, -0.05) is 30.3 Å². The van der Waals surface area contributed by atoms with Crippen molar-refractivity contribution in [1.29, 1.82) is 0 Å². The smallest absolute Gasteiger partial charge is 0.252 e. The molecule has 23 heavy (non-hydrogen) atoms. The van der Waals surface area contributed by atoms with E-state index in [-0.39, 0.29) is 37.1 Å². The Morgan fingerprint density at radius 3 is 2.39 bits per heavy atom. The summed E-state index contributed by atoms with van der Waals surface area (Å²) in [6.45, 7) is 0.203. The molecule has 0 atom stereocenters. The van der Waals surface area contributed by atoms with Crippen LogP contribution >= 0.6 is 11.3 Å². The molecule has 0 unspecified atom stereocenters. The molecule has 120 valence electrons. The Hall–Kier alpha value is -2.67. The van der Waals surface area contributed by atoms with E-state index in [1.54, 1.807) is 11.4 Å². The first kappa shape index (κ1) is 16.7. The maximum atomic E-state index is 11.7. The van der Waals surface area contributed by atoms with E-state index in [2.05, 4.69) is 16.2 Å². The summed E-state index contributed by atoms with van der Waals surface area (Å²) >= 11 is 1.43. The van der Waals surface area contributed by atoms with Crippen molar-refractivity contribution in [2.75, 3.05) is 6.54 Å². The molecule has 0 saturated heterocycles. The van der Waals surface area contributed by atoms with Crippen molar-refractivity contribution in [3.63, 3.8) is 0 Å². The molecule has 1 aromatic carbocycles. The summed E-state index contributed by atoms with van der Waals surface area (Å²) in [5.41, 5.74) is 6.11. The van der Waals surface area contributed by atoms with Crippen LogP contribution in [-0.4, -0.2) is 24.3 Å². The molecule has 7 heteroatoms. The molecule has 0 aliphatic carbocycles. The zero-order valence-electron chi connectivity index (χ0n) is 12.4. The number of benzene rings is 1. The maximum absolute atomic E-state index is 11.7. The van der Waals surface area contributed by atoms with E-state index in [0.29, 0.717) is 5.56 Å². The third-order valence-corrected chi connectivity index (χ3v) is 3.65. The van der Waals surface area contributed by atoms with Gasteiger partial charge in [0.1, 0.15) is 0 Å². The van der Waals surface area contributed by atoms with Gasteiger partial charge in [-0.05, 0) is 17.0 Å². The normalized spacial score (nSPS) is 9.91. The molecule has 0 fully saturated rings. The van der Waals surface area contributed by atoms with Gasteiger partial charge in [-0.25, -0.2) is 0 Å². The van der Waals surface area contributed by atoms with Crippen LogP contribution in [0.4, 0.5) is 0 Å². The Labute approximate surface area is 137 Å². The van der Waals surface area contributed by atoms with Crippen LogP contribution in [0.5, 0.6) is 0 Å². The Balaban J connectivity index is 1.61. The molecule has 6 nitrogen and oxygen atoms in total. The molecular weight excluding hydrogens is 314 g/mol. The van der Waals surface area contributed by atoms with Crippen LogP contribution in [0, 0.1) is 0 Å². The predicted molar refractivity (Wildman–Crippen MR) is 87.7 cm³/mol. The SMILES string of the molecule is O=C(CCNC(=O)c1ccsc1)NNC(=O)Cc1ccccc1. The van der Waals surface area contributed by atoms with E-state index >= 15 is 0 Å². The van der Waals surface area contributed by atoms with E-state index in [1.165, 1.54) is 11.3 Å². The van der Waals surface area contributed by atoms with Crippen LogP contribution in [0.15, 0.2) is 47.2 Å². The Bertz CT molecular complexity index is 656. The van der Waals surface area contributed by atoms with E-state index in [4.69, 9.17) is 0 Å². The van der Waals surface area contributed by atoms with Gasteiger partial charge in [0.15, 0.2) is 0 Å². The fourth-order valence-electron chi connectivity index (χ4n) is 1.81. The van der Waals surface area contributed by atoms with Crippen molar-refractivity contribution < 1.29 is 14.4 Å². The number of carbonyl (C=O) groups excluding carboxylic acids is 3. The minimum Gasteiger partial charge on any atom is -0.351 e. The monoisotopic (exact) mass is 331 g/mol. The second-order valence-electron chi connectivity index (χ2n) is 4.78. The largest absolute Gasteiger partial charge is 0.351 e. The van der Waals surface area contributed by atoms with Gasteiger partial charge in [-0.15, -0.1) is 0 Å². The highest BCUT2D eigenvalue weighted by Gasteiger charge is 2.08. The average molecular weight is 331 g/mol. The zero-order valence-corrected chi connectivity index (χ0v) is 13.2. The number of amides is 3. The summed E-state index contributed by atoms with van der Waals surface area (Å²) in [4.78, 5) is 34.9. The van der Waals surface area contributed by atoms with Crippen LogP contribution in [0.3, 0.4) is 0 Å². The number of carbonyl (C=O) groups is 3. The van der Waals surface area contributed by atoms with Gasteiger partial charge in [0, 0.05) is 23.9 Å². The van der Waals surface area contributed by atoms with Crippen molar-refractivity contribution in [2.45, 2.75) is 12.8 Å². The van der Waals surface area contributed by atoms with Gasteiger partial charge in [0.25, 0.3) is 5.91 Å². The molecule has 0 bridgehead atoms. The molecule has 0 radical (unpaired) electrons. The molecule has 1 heterocycles. The average Bonchev–Trinajstić information content (AvgIpc) is 3.08. The van der Waals surface area contributed by atoms with E-state index < -0.39 is 0 Å². The zero-order chi connectivity index (χ0) is 16.5. The summed E-state index contributed by atoms with van der Waals surface area (Å²) in [5, 5.41) is 6.18. The van der Waals surface area contributed by atoms with Gasteiger partial charge in [0.05, 0.1) is 6.42 Å². The molecule has 3 amide bonds.